The fraction of sp³-hybridized carbons (Fsp3) is 0.846. The van der Waals surface area contributed by atoms with Crippen molar-refractivity contribution in [3.05, 3.63) is 0 Å². The predicted molar refractivity (Wildman–Crippen MR) is 76.1 cm³/mol. The number of carboxylic acids is 1. The van der Waals surface area contributed by atoms with Crippen molar-refractivity contribution in [1.29, 1.82) is 0 Å². The Morgan fingerprint density at radius 3 is 2.67 bits per heavy atom. The Kier molecular flexibility index (Phi) is 6.60. The van der Waals surface area contributed by atoms with E-state index in [9.17, 15) is 18.0 Å². The van der Waals surface area contributed by atoms with E-state index in [0.29, 0.717) is 13.0 Å². The van der Waals surface area contributed by atoms with Gasteiger partial charge < -0.3 is 9.84 Å². The summed E-state index contributed by atoms with van der Waals surface area (Å²) in [6.07, 6.45) is 1.51. The third-order valence-corrected chi connectivity index (χ3v) is 5.44. The highest BCUT2D eigenvalue weighted by Gasteiger charge is 2.33. The smallest absolute Gasteiger partial charge is 0.322 e. The standard InChI is InChI=1S/C13H23NO6S/c1-3-20-13(17)9-21(18,19)14-6-4-5-11(8-14)10(2)7-12(15)16/h10-11H,3-9H2,1-2H3,(H,15,16). The summed E-state index contributed by atoms with van der Waals surface area (Å²) in [6, 6.07) is 0. The van der Waals surface area contributed by atoms with Crippen molar-refractivity contribution >= 4 is 22.0 Å². The zero-order chi connectivity index (χ0) is 16.0. The molecule has 7 nitrogen and oxygen atoms in total. The number of piperidine rings is 1. The van der Waals surface area contributed by atoms with Crippen molar-refractivity contribution in [3.63, 3.8) is 0 Å². The summed E-state index contributed by atoms with van der Waals surface area (Å²) >= 11 is 0. The number of nitrogens with zero attached hydrogens (tertiary/aromatic N) is 1. The lowest BCUT2D eigenvalue weighted by Gasteiger charge is -2.34. The van der Waals surface area contributed by atoms with Crippen molar-refractivity contribution in [2.75, 3.05) is 25.4 Å². The van der Waals surface area contributed by atoms with E-state index in [0.717, 1.165) is 6.42 Å². The Morgan fingerprint density at radius 1 is 1.43 bits per heavy atom. The summed E-state index contributed by atoms with van der Waals surface area (Å²) in [6.45, 7) is 4.23. The van der Waals surface area contributed by atoms with Gasteiger partial charge in [0.1, 0.15) is 0 Å². The van der Waals surface area contributed by atoms with Crippen LogP contribution in [0.4, 0.5) is 0 Å². The van der Waals surface area contributed by atoms with Crippen molar-refractivity contribution in [2.45, 2.75) is 33.1 Å². The molecule has 1 aliphatic rings. The molecule has 0 radical (unpaired) electrons. The van der Waals surface area contributed by atoms with Gasteiger partial charge in [-0.15, -0.1) is 0 Å². The second-order valence-electron chi connectivity index (χ2n) is 5.40. The monoisotopic (exact) mass is 321 g/mol. The van der Waals surface area contributed by atoms with Gasteiger partial charge >= 0.3 is 11.9 Å². The van der Waals surface area contributed by atoms with Gasteiger partial charge in [-0.3, -0.25) is 9.59 Å². The molecule has 0 saturated carbocycles. The minimum absolute atomic E-state index is 0.00632. The van der Waals surface area contributed by atoms with Crippen molar-refractivity contribution in [3.8, 4) is 0 Å². The van der Waals surface area contributed by atoms with Gasteiger partial charge in [0, 0.05) is 19.5 Å². The fourth-order valence-corrected chi connectivity index (χ4v) is 3.97. The van der Waals surface area contributed by atoms with E-state index in [2.05, 4.69) is 4.74 Å². The topological polar surface area (TPSA) is 101 Å². The second kappa shape index (κ2) is 7.74. The first-order chi connectivity index (χ1) is 9.76. The largest absolute Gasteiger partial charge is 0.481 e. The first-order valence-corrected chi connectivity index (χ1v) is 8.72. The Balaban J connectivity index is 2.66. The average Bonchev–Trinajstić information content (AvgIpc) is 2.37. The molecule has 0 aromatic carbocycles. The first-order valence-electron chi connectivity index (χ1n) is 7.11. The molecule has 1 heterocycles. The minimum atomic E-state index is -3.69. The fourth-order valence-electron chi connectivity index (χ4n) is 2.58. The van der Waals surface area contributed by atoms with E-state index in [-0.39, 0.29) is 31.4 Å². The van der Waals surface area contributed by atoms with Crippen LogP contribution in [-0.2, 0) is 24.3 Å². The lowest BCUT2D eigenvalue weighted by atomic mass is 9.85. The maximum absolute atomic E-state index is 12.2. The van der Waals surface area contributed by atoms with Crippen LogP contribution in [0.3, 0.4) is 0 Å². The maximum atomic E-state index is 12.2. The van der Waals surface area contributed by atoms with Crippen LogP contribution in [0.15, 0.2) is 0 Å². The van der Waals surface area contributed by atoms with E-state index in [1.54, 1.807) is 6.92 Å². The maximum Gasteiger partial charge on any atom is 0.322 e. The molecule has 2 atom stereocenters. The van der Waals surface area contributed by atoms with Gasteiger partial charge in [0.25, 0.3) is 0 Å². The molecule has 2 unspecified atom stereocenters. The first kappa shape index (κ1) is 17.9. The molecule has 8 heteroatoms. The Hall–Kier alpha value is -1.15. The molecule has 0 aromatic rings. The molecule has 1 N–H and O–H groups in total. The number of hydrogen-bond acceptors (Lipinski definition) is 5. The molecular formula is C13H23NO6S. The van der Waals surface area contributed by atoms with Crippen LogP contribution < -0.4 is 0 Å². The molecule has 0 spiro atoms. The zero-order valence-corrected chi connectivity index (χ0v) is 13.3. The third-order valence-electron chi connectivity index (χ3n) is 3.72. The second-order valence-corrected chi connectivity index (χ2v) is 7.37. The molecule has 1 saturated heterocycles. The van der Waals surface area contributed by atoms with E-state index < -0.39 is 27.7 Å². The summed E-state index contributed by atoms with van der Waals surface area (Å²) in [5.74, 6) is -2.37. The van der Waals surface area contributed by atoms with E-state index >= 15 is 0 Å². The van der Waals surface area contributed by atoms with Gasteiger partial charge in [0.15, 0.2) is 5.75 Å². The highest BCUT2D eigenvalue weighted by molar-refractivity contribution is 7.89. The number of carboxylic acid groups (broad SMARTS) is 1. The molecular weight excluding hydrogens is 298 g/mol. The van der Waals surface area contributed by atoms with Crippen molar-refractivity contribution < 1.29 is 27.9 Å². The Labute approximate surface area is 125 Å². The van der Waals surface area contributed by atoms with Gasteiger partial charge in [-0.05, 0) is 31.6 Å². The number of ether oxygens (including phenoxy) is 1. The number of esters is 1. The molecule has 1 rings (SSSR count). The van der Waals surface area contributed by atoms with E-state index in [1.165, 1.54) is 4.31 Å². The number of carbonyl (C=O) groups is 2. The van der Waals surface area contributed by atoms with Gasteiger partial charge in [0.05, 0.1) is 6.61 Å². The van der Waals surface area contributed by atoms with E-state index in [1.807, 2.05) is 6.92 Å². The van der Waals surface area contributed by atoms with Gasteiger partial charge in [-0.2, -0.15) is 0 Å². The third kappa shape index (κ3) is 5.62. The van der Waals surface area contributed by atoms with Crippen LogP contribution in [0.1, 0.15) is 33.1 Å². The quantitative estimate of drug-likeness (QED) is 0.693. The highest BCUT2D eigenvalue weighted by Crippen LogP contribution is 2.27. The number of aliphatic carboxylic acids is 1. The van der Waals surface area contributed by atoms with Gasteiger partial charge in [-0.1, -0.05) is 6.92 Å². The SMILES string of the molecule is CCOC(=O)CS(=O)(=O)N1CCCC(C(C)CC(=O)O)C1. The van der Waals surface area contributed by atoms with Crippen LogP contribution in [0.2, 0.25) is 0 Å². The summed E-state index contributed by atoms with van der Waals surface area (Å²) in [5.41, 5.74) is 0. The summed E-state index contributed by atoms with van der Waals surface area (Å²) in [4.78, 5) is 22.1. The summed E-state index contributed by atoms with van der Waals surface area (Å²) in [7, 11) is -3.69. The van der Waals surface area contributed by atoms with Crippen LogP contribution >= 0.6 is 0 Å². The average molecular weight is 321 g/mol. The molecule has 0 bridgehead atoms. The molecule has 1 aliphatic heterocycles. The molecule has 122 valence electrons. The van der Waals surface area contributed by atoms with Crippen LogP contribution in [0.25, 0.3) is 0 Å². The van der Waals surface area contributed by atoms with Crippen LogP contribution in [0.5, 0.6) is 0 Å². The number of rotatable bonds is 7. The molecule has 21 heavy (non-hydrogen) atoms. The molecule has 0 amide bonds. The van der Waals surface area contributed by atoms with Crippen molar-refractivity contribution in [1.82, 2.24) is 4.31 Å². The normalized spacial score (nSPS) is 21.7. The van der Waals surface area contributed by atoms with Crippen LogP contribution in [-0.4, -0.2) is 55.2 Å². The minimum Gasteiger partial charge on any atom is -0.481 e. The molecule has 1 fully saturated rings. The van der Waals surface area contributed by atoms with Crippen molar-refractivity contribution in [2.24, 2.45) is 11.8 Å². The van der Waals surface area contributed by atoms with E-state index in [4.69, 9.17) is 5.11 Å². The highest BCUT2D eigenvalue weighted by atomic mass is 32.2. The Morgan fingerprint density at radius 2 is 2.10 bits per heavy atom. The van der Waals surface area contributed by atoms with Crippen LogP contribution in [0, 0.1) is 11.8 Å². The lowest BCUT2D eigenvalue weighted by molar-refractivity contribution is -0.140. The molecule has 0 aliphatic carbocycles. The Bertz CT molecular complexity index is 475. The lowest BCUT2D eigenvalue weighted by Crippen LogP contribution is -2.44. The van der Waals surface area contributed by atoms with Gasteiger partial charge in [0.2, 0.25) is 10.0 Å². The number of sulfonamides is 1. The summed E-state index contributed by atoms with van der Waals surface area (Å²) in [5, 5.41) is 8.83. The number of carbonyl (C=O) groups excluding carboxylic acids is 1. The molecule has 0 aromatic heterocycles. The summed E-state index contributed by atoms with van der Waals surface area (Å²) < 4.78 is 30.3. The predicted octanol–water partition coefficient (Wildman–Crippen LogP) is 0.702. The zero-order valence-electron chi connectivity index (χ0n) is 12.4. The number of hydrogen-bond donors (Lipinski definition) is 1. The van der Waals surface area contributed by atoms with Gasteiger partial charge in [-0.25, -0.2) is 12.7 Å².